The van der Waals surface area contributed by atoms with Crippen LogP contribution in [0.2, 0.25) is 0 Å². The number of methoxy groups -OCH3 is 1. The second-order valence-electron chi connectivity index (χ2n) is 6.49. The Bertz CT molecular complexity index is 910. The van der Waals surface area contributed by atoms with Crippen molar-refractivity contribution >= 4 is 23.5 Å². The van der Waals surface area contributed by atoms with Gasteiger partial charge in [-0.1, -0.05) is 12.1 Å². The number of halogens is 1. The van der Waals surface area contributed by atoms with Gasteiger partial charge in [-0.05, 0) is 49.2 Å². The molecule has 3 rings (SSSR count). The van der Waals surface area contributed by atoms with Crippen LogP contribution in [0.1, 0.15) is 33.6 Å². The number of ether oxygens (including phenoxy) is 2. The number of nitrogens with zero attached hydrogens (tertiary/aromatic N) is 1. The average molecular weight is 399 g/mol. The maximum atomic E-state index is 13.4. The molecule has 0 saturated carbocycles. The quantitative estimate of drug-likeness (QED) is 0.458. The van der Waals surface area contributed by atoms with Crippen LogP contribution in [-0.4, -0.2) is 44.2 Å². The largest absolute Gasteiger partial charge is 0.465 e. The van der Waals surface area contributed by atoms with E-state index in [1.165, 1.54) is 25.3 Å². The third-order valence-corrected chi connectivity index (χ3v) is 4.34. The summed E-state index contributed by atoms with van der Waals surface area (Å²) in [4.78, 5) is 28.7. The first-order chi connectivity index (χ1) is 14.0. The van der Waals surface area contributed by atoms with E-state index in [0.29, 0.717) is 24.4 Å². The summed E-state index contributed by atoms with van der Waals surface area (Å²) in [6, 6.07) is 12.0. The Morgan fingerprint density at radius 2 is 2.00 bits per heavy atom. The minimum absolute atomic E-state index is 0.0146. The number of carbonyl (C=O) groups is 2. The Morgan fingerprint density at radius 1 is 1.21 bits per heavy atom. The van der Waals surface area contributed by atoms with Gasteiger partial charge in [0.05, 0.1) is 25.3 Å². The lowest BCUT2D eigenvalue weighted by Crippen LogP contribution is -2.36. The SMILES string of the molecule is COC(=O)c1cccc(NC(=NC[C@H]2CCCO2)NC(=O)c2cccc(F)c2)c1. The van der Waals surface area contributed by atoms with Crippen LogP contribution in [0.25, 0.3) is 0 Å². The van der Waals surface area contributed by atoms with Gasteiger partial charge in [-0.25, -0.2) is 14.2 Å². The number of hydrogen-bond donors (Lipinski definition) is 2. The van der Waals surface area contributed by atoms with Gasteiger partial charge in [0, 0.05) is 17.9 Å². The Hall–Kier alpha value is -3.26. The molecule has 0 aromatic heterocycles. The minimum Gasteiger partial charge on any atom is -0.465 e. The average Bonchev–Trinajstić information content (AvgIpc) is 3.25. The van der Waals surface area contributed by atoms with Crippen molar-refractivity contribution < 1.29 is 23.5 Å². The first-order valence-electron chi connectivity index (χ1n) is 9.23. The van der Waals surface area contributed by atoms with Crippen LogP contribution in [0.4, 0.5) is 10.1 Å². The molecule has 0 aliphatic carbocycles. The number of aliphatic imine (C=N–C) groups is 1. The summed E-state index contributed by atoms with van der Waals surface area (Å²) >= 11 is 0. The molecule has 0 unspecified atom stereocenters. The maximum absolute atomic E-state index is 13.4. The van der Waals surface area contributed by atoms with Crippen LogP contribution >= 0.6 is 0 Å². The van der Waals surface area contributed by atoms with Gasteiger partial charge in [0.1, 0.15) is 5.82 Å². The summed E-state index contributed by atoms with van der Waals surface area (Å²) in [6.07, 6.45) is 1.85. The lowest BCUT2D eigenvalue weighted by atomic mass is 10.2. The minimum atomic E-state index is -0.507. The van der Waals surface area contributed by atoms with Gasteiger partial charge >= 0.3 is 5.97 Å². The van der Waals surface area contributed by atoms with Crippen molar-refractivity contribution in [2.24, 2.45) is 4.99 Å². The van der Waals surface area contributed by atoms with Crippen LogP contribution in [0.3, 0.4) is 0 Å². The summed E-state index contributed by atoms with van der Waals surface area (Å²) in [5.41, 5.74) is 1.06. The van der Waals surface area contributed by atoms with Gasteiger partial charge in [0.15, 0.2) is 0 Å². The monoisotopic (exact) mass is 399 g/mol. The number of amides is 1. The van der Waals surface area contributed by atoms with Crippen molar-refractivity contribution in [3.63, 3.8) is 0 Å². The van der Waals surface area contributed by atoms with E-state index in [2.05, 4.69) is 15.6 Å². The highest BCUT2D eigenvalue weighted by Crippen LogP contribution is 2.14. The first kappa shape index (κ1) is 20.5. The van der Waals surface area contributed by atoms with E-state index in [-0.39, 0.29) is 17.6 Å². The molecule has 1 aliphatic rings. The molecule has 1 atom stereocenters. The van der Waals surface area contributed by atoms with Crippen molar-refractivity contribution in [1.82, 2.24) is 5.32 Å². The number of hydrogen-bond acceptors (Lipinski definition) is 5. The van der Waals surface area contributed by atoms with E-state index in [0.717, 1.165) is 18.9 Å². The number of carbonyl (C=O) groups excluding carboxylic acids is 2. The molecule has 2 N–H and O–H groups in total. The molecule has 29 heavy (non-hydrogen) atoms. The summed E-state index contributed by atoms with van der Waals surface area (Å²) in [6.45, 7) is 1.06. The Morgan fingerprint density at radius 3 is 2.72 bits per heavy atom. The van der Waals surface area contributed by atoms with Crippen LogP contribution in [0, 0.1) is 5.82 Å². The number of rotatable bonds is 5. The van der Waals surface area contributed by atoms with Crippen molar-refractivity contribution in [3.05, 3.63) is 65.5 Å². The predicted molar refractivity (Wildman–Crippen MR) is 107 cm³/mol. The molecular weight excluding hydrogens is 377 g/mol. The van der Waals surface area contributed by atoms with Crippen LogP contribution in [0.15, 0.2) is 53.5 Å². The van der Waals surface area contributed by atoms with E-state index >= 15 is 0 Å². The zero-order valence-electron chi connectivity index (χ0n) is 16.0. The fourth-order valence-electron chi connectivity index (χ4n) is 2.88. The van der Waals surface area contributed by atoms with Crippen molar-refractivity contribution in [2.75, 3.05) is 25.6 Å². The van der Waals surface area contributed by atoms with E-state index < -0.39 is 17.7 Å². The fourth-order valence-corrected chi connectivity index (χ4v) is 2.88. The summed E-state index contributed by atoms with van der Waals surface area (Å²) in [7, 11) is 1.30. The second kappa shape index (κ2) is 9.79. The highest BCUT2D eigenvalue weighted by atomic mass is 19.1. The standard InChI is InChI=1S/C21H22FN3O4/c1-28-20(27)15-6-3-8-17(12-15)24-21(23-13-18-9-4-10-29-18)25-19(26)14-5-2-7-16(22)11-14/h2-3,5-8,11-12,18H,4,9-10,13H2,1H3,(H2,23,24,25,26)/t18-/m1/s1. The van der Waals surface area contributed by atoms with Crippen molar-refractivity contribution in [3.8, 4) is 0 Å². The van der Waals surface area contributed by atoms with Crippen LogP contribution < -0.4 is 10.6 Å². The number of anilines is 1. The zero-order chi connectivity index (χ0) is 20.6. The molecule has 8 heteroatoms. The number of esters is 1. The van der Waals surface area contributed by atoms with Gasteiger partial charge in [-0.2, -0.15) is 0 Å². The highest BCUT2D eigenvalue weighted by molar-refractivity contribution is 6.10. The molecule has 1 amide bonds. The summed E-state index contributed by atoms with van der Waals surface area (Å²) in [5, 5.41) is 5.66. The molecule has 1 fully saturated rings. The van der Waals surface area contributed by atoms with Gasteiger partial charge in [-0.3, -0.25) is 10.1 Å². The Labute approximate surface area is 167 Å². The normalized spacial score (nSPS) is 16.3. The molecule has 1 heterocycles. The Kier molecular flexibility index (Phi) is 6.91. The molecular formula is C21H22FN3O4. The van der Waals surface area contributed by atoms with E-state index in [4.69, 9.17) is 9.47 Å². The van der Waals surface area contributed by atoms with Gasteiger partial charge in [-0.15, -0.1) is 0 Å². The van der Waals surface area contributed by atoms with Crippen LogP contribution in [-0.2, 0) is 9.47 Å². The van der Waals surface area contributed by atoms with Gasteiger partial charge < -0.3 is 14.8 Å². The second-order valence-corrected chi connectivity index (χ2v) is 6.49. The smallest absolute Gasteiger partial charge is 0.337 e. The fraction of sp³-hybridized carbons (Fsp3) is 0.286. The van der Waals surface area contributed by atoms with E-state index in [1.54, 1.807) is 24.3 Å². The lowest BCUT2D eigenvalue weighted by molar-refractivity contribution is 0.0600. The summed E-state index contributed by atoms with van der Waals surface area (Å²) in [5.74, 6) is -1.31. The van der Waals surface area contributed by atoms with Crippen LogP contribution in [0.5, 0.6) is 0 Å². The molecule has 0 spiro atoms. The maximum Gasteiger partial charge on any atom is 0.337 e. The molecule has 2 aromatic carbocycles. The molecule has 0 bridgehead atoms. The number of nitrogens with one attached hydrogen (secondary N) is 2. The van der Waals surface area contributed by atoms with E-state index in [1.807, 2.05) is 0 Å². The third kappa shape index (κ3) is 5.86. The van der Waals surface area contributed by atoms with Crippen molar-refractivity contribution in [2.45, 2.75) is 18.9 Å². The molecule has 7 nitrogen and oxygen atoms in total. The van der Waals surface area contributed by atoms with E-state index in [9.17, 15) is 14.0 Å². The van der Waals surface area contributed by atoms with Gasteiger partial charge in [0.2, 0.25) is 5.96 Å². The molecule has 0 radical (unpaired) electrons. The topological polar surface area (TPSA) is 89.0 Å². The lowest BCUT2D eigenvalue weighted by Gasteiger charge is -2.14. The van der Waals surface area contributed by atoms with Crippen molar-refractivity contribution in [1.29, 1.82) is 0 Å². The zero-order valence-corrected chi connectivity index (χ0v) is 16.0. The number of guanidine groups is 1. The molecule has 152 valence electrons. The third-order valence-electron chi connectivity index (χ3n) is 4.34. The molecule has 1 aliphatic heterocycles. The number of benzene rings is 2. The molecule has 1 saturated heterocycles. The van der Waals surface area contributed by atoms with Gasteiger partial charge in [0.25, 0.3) is 5.91 Å². The predicted octanol–water partition coefficient (Wildman–Crippen LogP) is 2.99. The first-order valence-corrected chi connectivity index (χ1v) is 9.23. The molecule has 2 aromatic rings. The highest BCUT2D eigenvalue weighted by Gasteiger charge is 2.16. The Balaban J connectivity index is 1.78. The summed E-state index contributed by atoms with van der Waals surface area (Å²) < 4.78 is 23.7.